The van der Waals surface area contributed by atoms with Crippen molar-refractivity contribution < 1.29 is 18.8 Å². The Balaban J connectivity index is 1.23. The Morgan fingerprint density at radius 1 is 1.00 bits per heavy atom. The minimum Gasteiger partial charge on any atom is -0.454 e. The standard InChI is InChI=1S/C23H23N3O4/c27-23(17-6-7-17)26(12-10-16-4-2-1-3-5-16)13-11-21-24-22(25-30-21)18-8-9-19-20(14-18)29-15-28-19/h1-5,8-9,14,17H,6-7,10-13,15H2. The minimum atomic E-state index is 0.188. The zero-order valence-electron chi connectivity index (χ0n) is 16.6. The van der Waals surface area contributed by atoms with E-state index >= 15 is 0 Å². The number of carbonyl (C=O) groups excluding carboxylic acids is 1. The summed E-state index contributed by atoms with van der Waals surface area (Å²) in [6, 6.07) is 15.8. The quantitative estimate of drug-likeness (QED) is 0.571. The van der Waals surface area contributed by atoms with Crippen LogP contribution in [0.15, 0.2) is 53.1 Å². The molecule has 1 aromatic heterocycles. The third-order valence-electron chi connectivity index (χ3n) is 5.45. The van der Waals surface area contributed by atoms with E-state index in [9.17, 15) is 4.79 Å². The Labute approximate surface area is 174 Å². The molecular weight excluding hydrogens is 382 g/mol. The minimum absolute atomic E-state index is 0.188. The molecular formula is C23H23N3O4. The van der Waals surface area contributed by atoms with Crippen LogP contribution in [0.1, 0.15) is 24.3 Å². The highest BCUT2D eigenvalue weighted by atomic mass is 16.7. The number of hydrogen-bond donors (Lipinski definition) is 0. The average Bonchev–Trinajstić information content (AvgIpc) is 3.34. The van der Waals surface area contributed by atoms with Crippen molar-refractivity contribution >= 4 is 5.91 Å². The summed E-state index contributed by atoms with van der Waals surface area (Å²) in [4.78, 5) is 19.2. The maximum atomic E-state index is 12.7. The molecule has 1 aliphatic carbocycles. The Bertz CT molecular complexity index is 1030. The van der Waals surface area contributed by atoms with Crippen LogP contribution >= 0.6 is 0 Å². The van der Waals surface area contributed by atoms with Crippen LogP contribution in [-0.2, 0) is 17.6 Å². The fraction of sp³-hybridized carbons (Fsp3) is 0.348. The highest BCUT2D eigenvalue weighted by Gasteiger charge is 2.33. The van der Waals surface area contributed by atoms with Crippen molar-refractivity contribution in [2.24, 2.45) is 5.92 Å². The van der Waals surface area contributed by atoms with Gasteiger partial charge >= 0.3 is 0 Å². The summed E-state index contributed by atoms with van der Waals surface area (Å²) in [5, 5.41) is 4.09. The molecule has 0 bridgehead atoms. The lowest BCUT2D eigenvalue weighted by Gasteiger charge is -2.22. The van der Waals surface area contributed by atoms with Gasteiger partial charge in [-0.25, -0.2) is 0 Å². The first kappa shape index (κ1) is 18.7. The number of benzene rings is 2. The van der Waals surface area contributed by atoms with Gasteiger partial charge in [0.1, 0.15) is 0 Å². The van der Waals surface area contributed by atoms with Gasteiger partial charge < -0.3 is 18.9 Å². The summed E-state index contributed by atoms with van der Waals surface area (Å²) in [5.74, 6) is 2.86. The van der Waals surface area contributed by atoms with Crippen LogP contribution in [0.2, 0.25) is 0 Å². The summed E-state index contributed by atoms with van der Waals surface area (Å²) in [6.07, 6.45) is 3.36. The second-order valence-electron chi connectivity index (χ2n) is 7.66. The van der Waals surface area contributed by atoms with E-state index in [-0.39, 0.29) is 18.6 Å². The van der Waals surface area contributed by atoms with Gasteiger partial charge in [0.25, 0.3) is 0 Å². The lowest BCUT2D eigenvalue weighted by Crippen LogP contribution is -2.35. The molecule has 0 saturated heterocycles. The molecule has 3 aromatic rings. The molecule has 7 heteroatoms. The molecule has 0 radical (unpaired) electrons. The van der Waals surface area contributed by atoms with E-state index in [1.165, 1.54) is 5.56 Å². The predicted octanol–water partition coefficient (Wildman–Crippen LogP) is 3.49. The van der Waals surface area contributed by atoms with Crippen LogP contribution in [0.5, 0.6) is 11.5 Å². The van der Waals surface area contributed by atoms with E-state index in [1.807, 2.05) is 41.3 Å². The van der Waals surface area contributed by atoms with E-state index in [0.717, 1.165) is 30.6 Å². The van der Waals surface area contributed by atoms with Gasteiger partial charge in [-0.15, -0.1) is 0 Å². The number of rotatable bonds is 8. The second-order valence-corrected chi connectivity index (χ2v) is 7.66. The predicted molar refractivity (Wildman–Crippen MR) is 109 cm³/mol. The number of carbonyl (C=O) groups is 1. The lowest BCUT2D eigenvalue weighted by molar-refractivity contribution is -0.132. The summed E-state index contributed by atoms with van der Waals surface area (Å²) >= 11 is 0. The van der Waals surface area contributed by atoms with Crippen molar-refractivity contribution in [2.45, 2.75) is 25.7 Å². The number of ether oxygens (including phenoxy) is 2. The zero-order valence-corrected chi connectivity index (χ0v) is 16.6. The lowest BCUT2D eigenvalue weighted by atomic mass is 10.1. The molecule has 2 aliphatic rings. The van der Waals surface area contributed by atoms with E-state index in [0.29, 0.717) is 37.0 Å². The van der Waals surface area contributed by atoms with Gasteiger partial charge in [0.15, 0.2) is 11.5 Å². The Hall–Kier alpha value is -3.35. The summed E-state index contributed by atoms with van der Waals surface area (Å²) in [6.45, 7) is 1.50. The van der Waals surface area contributed by atoms with Crippen molar-refractivity contribution in [3.63, 3.8) is 0 Å². The molecule has 1 aliphatic heterocycles. The number of hydrogen-bond acceptors (Lipinski definition) is 6. The first-order valence-corrected chi connectivity index (χ1v) is 10.3. The molecule has 7 nitrogen and oxygen atoms in total. The largest absolute Gasteiger partial charge is 0.454 e. The van der Waals surface area contributed by atoms with Crippen LogP contribution in [0, 0.1) is 5.92 Å². The molecule has 0 N–H and O–H groups in total. The number of fused-ring (bicyclic) bond motifs is 1. The average molecular weight is 405 g/mol. The Kier molecular flexibility index (Phi) is 5.09. The van der Waals surface area contributed by atoms with Gasteiger partial charge in [0.05, 0.1) is 0 Å². The third-order valence-corrected chi connectivity index (χ3v) is 5.45. The van der Waals surface area contributed by atoms with Crippen LogP contribution < -0.4 is 9.47 Å². The van der Waals surface area contributed by atoms with Gasteiger partial charge in [0, 0.05) is 31.0 Å². The summed E-state index contributed by atoms with van der Waals surface area (Å²) < 4.78 is 16.2. The van der Waals surface area contributed by atoms with E-state index in [4.69, 9.17) is 14.0 Å². The molecule has 1 fully saturated rings. The highest BCUT2D eigenvalue weighted by molar-refractivity contribution is 5.81. The van der Waals surface area contributed by atoms with Crippen LogP contribution in [0.3, 0.4) is 0 Å². The molecule has 30 heavy (non-hydrogen) atoms. The fourth-order valence-electron chi connectivity index (χ4n) is 3.57. The molecule has 2 aromatic carbocycles. The van der Waals surface area contributed by atoms with Crippen molar-refractivity contribution in [2.75, 3.05) is 19.9 Å². The number of aromatic nitrogens is 2. The van der Waals surface area contributed by atoms with Gasteiger partial charge in [0.2, 0.25) is 24.4 Å². The van der Waals surface area contributed by atoms with Crippen molar-refractivity contribution in [1.29, 1.82) is 0 Å². The van der Waals surface area contributed by atoms with Crippen molar-refractivity contribution in [3.05, 3.63) is 60.0 Å². The number of nitrogens with zero attached hydrogens (tertiary/aromatic N) is 3. The molecule has 0 spiro atoms. The van der Waals surface area contributed by atoms with E-state index in [2.05, 4.69) is 22.3 Å². The molecule has 5 rings (SSSR count). The van der Waals surface area contributed by atoms with Gasteiger partial charge in [-0.1, -0.05) is 35.5 Å². The van der Waals surface area contributed by atoms with Crippen molar-refractivity contribution in [3.8, 4) is 22.9 Å². The smallest absolute Gasteiger partial charge is 0.231 e. The van der Waals surface area contributed by atoms with Crippen LogP contribution in [-0.4, -0.2) is 40.8 Å². The normalized spacial score (nSPS) is 14.7. The SMILES string of the molecule is O=C(C1CC1)N(CCc1ccccc1)CCc1nc(-c2ccc3c(c2)OCO3)no1. The van der Waals surface area contributed by atoms with Crippen molar-refractivity contribution in [1.82, 2.24) is 15.0 Å². The van der Waals surface area contributed by atoms with Gasteiger partial charge in [-0.3, -0.25) is 4.79 Å². The molecule has 1 saturated carbocycles. The molecule has 1 amide bonds. The topological polar surface area (TPSA) is 77.7 Å². The number of amides is 1. The highest BCUT2D eigenvalue weighted by Crippen LogP contribution is 2.35. The molecule has 0 atom stereocenters. The zero-order chi connectivity index (χ0) is 20.3. The molecule has 154 valence electrons. The summed E-state index contributed by atoms with van der Waals surface area (Å²) in [5.41, 5.74) is 2.04. The maximum absolute atomic E-state index is 12.7. The first-order chi connectivity index (χ1) is 14.8. The second kappa shape index (κ2) is 8.18. The van der Waals surface area contributed by atoms with Crippen LogP contribution in [0.4, 0.5) is 0 Å². The van der Waals surface area contributed by atoms with E-state index in [1.54, 1.807) is 0 Å². The van der Waals surface area contributed by atoms with Crippen LogP contribution in [0.25, 0.3) is 11.4 Å². The van der Waals surface area contributed by atoms with E-state index < -0.39 is 0 Å². The summed E-state index contributed by atoms with van der Waals surface area (Å²) in [7, 11) is 0. The monoisotopic (exact) mass is 405 g/mol. The maximum Gasteiger partial charge on any atom is 0.231 e. The van der Waals surface area contributed by atoms with Gasteiger partial charge in [-0.2, -0.15) is 4.98 Å². The fourth-order valence-corrected chi connectivity index (χ4v) is 3.57. The first-order valence-electron chi connectivity index (χ1n) is 10.3. The molecule has 2 heterocycles. The Morgan fingerprint density at radius 2 is 1.80 bits per heavy atom. The van der Waals surface area contributed by atoms with Gasteiger partial charge in [-0.05, 0) is 43.0 Å². The third kappa shape index (κ3) is 4.15. The Morgan fingerprint density at radius 3 is 2.63 bits per heavy atom. The molecule has 0 unspecified atom stereocenters.